The summed E-state index contributed by atoms with van der Waals surface area (Å²) in [5.41, 5.74) is 0.492. The van der Waals surface area contributed by atoms with Gasteiger partial charge in [-0.2, -0.15) is 0 Å². The van der Waals surface area contributed by atoms with Crippen LogP contribution in [0.4, 0.5) is 0 Å². The van der Waals surface area contributed by atoms with Gasteiger partial charge in [0, 0.05) is 0 Å². The number of carboxylic acids is 1. The molecule has 0 aromatic heterocycles. The van der Waals surface area contributed by atoms with Crippen LogP contribution in [-0.4, -0.2) is 48.6 Å². The Bertz CT molecular complexity index is 700. The molecule has 2 rings (SSSR count). The van der Waals surface area contributed by atoms with Crippen LogP contribution in [-0.2, 0) is 20.6 Å². The molecular formula is C13H15N3O5S. The second kappa shape index (κ2) is 6.58. The third kappa shape index (κ3) is 4.30. The molecule has 1 atom stereocenters. The molecule has 9 heteroatoms. The number of nitrogens with one attached hydrogen (secondary N) is 1. The predicted octanol–water partition coefficient (Wildman–Crippen LogP) is -0.306. The van der Waals surface area contributed by atoms with Gasteiger partial charge in [-0.25, -0.2) is 13.4 Å². The minimum absolute atomic E-state index is 0.0975. The van der Waals surface area contributed by atoms with Crippen molar-refractivity contribution in [1.29, 1.82) is 0 Å². The lowest BCUT2D eigenvalue weighted by Gasteiger charge is -2.28. The number of carbonyl (C=O) groups is 1. The zero-order valence-electron chi connectivity index (χ0n) is 11.5. The molecule has 0 fully saturated rings. The monoisotopic (exact) mass is 325 g/mol. The Morgan fingerprint density at radius 1 is 1.32 bits per heavy atom. The fourth-order valence-corrected chi connectivity index (χ4v) is 3.10. The first kappa shape index (κ1) is 16.0. The van der Waals surface area contributed by atoms with Gasteiger partial charge in [-0.3, -0.25) is 9.52 Å². The van der Waals surface area contributed by atoms with Crippen LogP contribution >= 0.6 is 0 Å². The highest BCUT2D eigenvalue weighted by atomic mass is 32.2. The molecule has 3 N–H and O–H groups in total. The number of carboxylic acid groups (broad SMARTS) is 1. The Hall–Kier alpha value is -2.39. The highest BCUT2D eigenvalue weighted by molar-refractivity contribution is 7.88. The average Bonchev–Trinajstić information content (AvgIpc) is 2.43. The van der Waals surface area contributed by atoms with Gasteiger partial charge in [-0.1, -0.05) is 30.3 Å². The van der Waals surface area contributed by atoms with Crippen LogP contribution in [0.2, 0.25) is 0 Å². The number of sulfonamides is 1. The van der Waals surface area contributed by atoms with E-state index in [1.807, 2.05) is 0 Å². The van der Waals surface area contributed by atoms with Crippen LogP contribution in [0.5, 0.6) is 0 Å². The van der Waals surface area contributed by atoms with Crippen LogP contribution in [0.15, 0.2) is 47.2 Å². The van der Waals surface area contributed by atoms with Crippen molar-refractivity contribution in [1.82, 2.24) is 9.62 Å². The third-order valence-electron chi connectivity index (χ3n) is 2.81. The van der Waals surface area contributed by atoms with Gasteiger partial charge in [0.2, 0.25) is 10.0 Å². The lowest BCUT2D eigenvalue weighted by Crippen LogP contribution is -2.45. The third-order valence-corrected chi connectivity index (χ3v) is 4.07. The summed E-state index contributed by atoms with van der Waals surface area (Å²) in [5.74, 6) is -1.43. The van der Waals surface area contributed by atoms with E-state index in [0.717, 1.165) is 17.4 Å². The van der Waals surface area contributed by atoms with Crippen molar-refractivity contribution >= 4 is 22.3 Å². The number of rotatable bonds is 6. The number of nitrogens with zero attached hydrogens (tertiary/aromatic N) is 2. The molecule has 22 heavy (non-hydrogen) atoms. The summed E-state index contributed by atoms with van der Waals surface area (Å²) in [4.78, 5) is 15.4. The maximum atomic E-state index is 12.1. The molecule has 1 aliphatic heterocycles. The summed E-state index contributed by atoms with van der Waals surface area (Å²) < 4.78 is 26.4. The molecule has 0 aliphatic carbocycles. The topological polar surface area (TPSA) is 119 Å². The van der Waals surface area contributed by atoms with E-state index in [1.165, 1.54) is 0 Å². The predicted molar refractivity (Wildman–Crippen MR) is 79.1 cm³/mol. The van der Waals surface area contributed by atoms with Crippen molar-refractivity contribution in [2.24, 2.45) is 4.99 Å². The molecule has 1 aromatic carbocycles. The van der Waals surface area contributed by atoms with E-state index < -0.39 is 28.8 Å². The number of aliphatic imine (C=N–C) groups is 1. The van der Waals surface area contributed by atoms with E-state index in [9.17, 15) is 18.3 Å². The standard InChI is InChI=1S/C13H15N3O5S/c17-12(18)7-16-9-14-6-11(13(16)19)15-22(20,21)8-10-4-2-1-3-5-10/h1-6,9,13,15,19H,7-8H2,(H,17,18). The van der Waals surface area contributed by atoms with Crippen LogP contribution in [0, 0.1) is 0 Å². The number of hydrogen-bond acceptors (Lipinski definition) is 6. The van der Waals surface area contributed by atoms with E-state index in [1.54, 1.807) is 30.3 Å². The summed E-state index contributed by atoms with van der Waals surface area (Å²) in [6.45, 7) is -0.498. The van der Waals surface area contributed by atoms with Crippen LogP contribution < -0.4 is 4.72 Å². The second-order valence-corrected chi connectivity index (χ2v) is 6.36. The number of hydrogen-bond donors (Lipinski definition) is 3. The lowest BCUT2D eigenvalue weighted by molar-refractivity contribution is -0.138. The van der Waals surface area contributed by atoms with Gasteiger partial charge in [0.25, 0.3) is 0 Å². The normalized spacial score (nSPS) is 18.0. The largest absolute Gasteiger partial charge is 0.480 e. The SMILES string of the molecule is O=C(O)CN1C=NC=C(NS(=O)(=O)Cc2ccccc2)C1O. The summed E-state index contributed by atoms with van der Waals surface area (Å²) in [6.07, 6.45) is 0.860. The fraction of sp³-hybridized carbons (Fsp3) is 0.231. The molecule has 0 saturated carbocycles. The Labute approximate surface area is 127 Å². The quantitative estimate of drug-likeness (QED) is 0.660. The van der Waals surface area contributed by atoms with Gasteiger partial charge in [0.05, 0.1) is 24.0 Å². The molecule has 1 aliphatic rings. The summed E-state index contributed by atoms with van der Waals surface area (Å²) in [5, 5.41) is 18.7. The summed E-state index contributed by atoms with van der Waals surface area (Å²) >= 11 is 0. The highest BCUT2D eigenvalue weighted by Crippen LogP contribution is 2.12. The zero-order valence-corrected chi connectivity index (χ0v) is 12.3. The number of aliphatic hydroxyl groups is 1. The number of aliphatic hydroxyl groups excluding tert-OH is 1. The number of benzene rings is 1. The number of aliphatic carboxylic acids is 1. The van der Waals surface area contributed by atoms with Crippen molar-refractivity contribution < 1.29 is 23.4 Å². The Morgan fingerprint density at radius 2 is 2.00 bits per heavy atom. The van der Waals surface area contributed by atoms with Gasteiger partial charge in [-0.05, 0) is 5.56 Å². The van der Waals surface area contributed by atoms with Gasteiger partial charge in [0.1, 0.15) is 6.54 Å². The summed E-state index contributed by atoms with van der Waals surface area (Å²) in [7, 11) is -3.75. The average molecular weight is 325 g/mol. The Balaban J connectivity index is 2.07. The first-order chi connectivity index (χ1) is 10.4. The van der Waals surface area contributed by atoms with Crippen molar-refractivity contribution in [2.45, 2.75) is 12.0 Å². The Morgan fingerprint density at radius 3 is 2.64 bits per heavy atom. The molecule has 0 spiro atoms. The minimum atomic E-state index is -3.75. The van der Waals surface area contributed by atoms with Gasteiger partial charge in [-0.15, -0.1) is 0 Å². The molecule has 0 amide bonds. The zero-order chi connectivity index (χ0) is 16.2. The van der Waals surface area contributed by atoms with Gasteiger partial charge < -0.3 is 15.1 Å². The smallest absolute Gasteiger partial charge is 0.323 e. The van der Waals surface area contributed by atoms with Crippen molar-refractivity contribution in [3.63, 3.8) is 0 Å². The van der Waals surface area contributed by atoms with Crippen molar-refractivity contribution in [3.8, 4) is 0 Å². The van der Waals surface area contributed by atoms with Gasteiger partial charge in [0.15, 0.2) is 6.23 Å². The van der Waals surface area contributed by atoms with E-state index >= 15 is 0 Å². The second-order valence-electron chi connectivity index (χ2n) is 4.64. The molecule has 0 bridgehead atoms. The van der Waals surface area contributed by atoms with Crippen LogP contribution in [0.1, 0.15) is 5.56 Å². The molecule has 1 heterocycles. The maximum absolute atomic E-state index is 12.1. The first-order valence-corrected chi connectivity index (χ1v) is 7.96. The fourth-order valence-electron chi connectivity index (χ4n) is 1.88. The van der Waals surface area contributed by atoms with Crippen LogP contribution in [0.3, 0.4) is 0 Å². The van der Waals surface area contributed by atoms with Crippen LogP contribution in [0.25, 0.3) is 0 Å². The molecule has 0 saturated heterocycles. The van der Waals surface area contributed by atoms with Gasteiger partial charge >= 0.3 is 5.97 Å². The summed E-state index contributed by atoms with van der Waals surface area (Å²) in [6, 6.07) is 8.55. The minimum Gasteiger partial charge on any atom is -0.480 e. The van der Waals surface area contributed by atoms with E-state index in [2.05, 4.69) is 9.71 Å². The van der Waals surface area contributed by atoms with E-state index in [4.69, 9.17) is 5.11 Å². The Kier molecular flexibility index (Phi) is 4.78. The van der Waals surface area contributed by atoms with Crippen molar-refractivity contribution in [2.75, 3.05) is 6.54 Å². The molecule has 0 radical (unpaired) electrons. The highest BCUT2D eigenvalue weighted by Gasteiger charge is 2.25. The molecule has 8 nitrogen and oxygen atoms in total. The lowest BCUT2D eigenvalue weighted by atomic mass is 10.2. The molecular weight excluding hydrogens is 310 g/mol. The first-order valence-electron chi connectivity index (χ1n) is 6.31. The van der Waals surface area contributed by atoms with E-state index in [0.29, 0.717) is 5.56 Å². The molecule has 118 valence electrons. The maximum Gasteiger partial charge on any atom is 0.323 e. The van der Waals surface area contributed by atoms with Crippen molar-refractivity contribution in [3.05, 3.63) is 47.8 Å². The molecule has 1 unspecified atom stereocenters. The molecule has 1 aromatic rings. The van der Waals surface area contributed by atoms with E-state index in [-0.39, 0.29) is 11.4 Å².